The van der Waals surface area contributed by atoms with Crippen LogP contribution in [0, 0.1) is 16.7 Å². The molecule has 0 spiro atoms. The van der Waals surface area contributed by atoms with Crippen molar-refractivity contribution < 1.29 is 0 Å². The summed E-state index contributed by atoms with van der Waals surface area (Å²) >= 11 is 0. The molecule has 0 aromatic heterocycles. The minimum Gasteiger partial charge on any atom is -0.298 e. The lowest BCUT2D eigenvalue weighted by Gasteiger charge is -2.40. The fourth-order valence-electron chi connectivity index (χ4n) is 2.38. The van der Waals surface area contributed by atoms with Crippen molar-refractivity contribution in [2.24, 2.45) is 5.41 Å². The van der Waals surface area contributed by atoms with E-state index in [1.165, 1.54) is 19.3 Å². The molecule has 2 atom stereocenters. The van der Waals surface area contributed by atoms with Gasteiger partial charge in [-0.3, -0.25) is 4.90 Å². The third-order valence-electron chi connectivity index (χ3n) is 3.67. The van der Waals surface area contributed by atoms with E-state index in [-0.39, 0.29) is 5.41 Å². The molecule has 0 radical (unpaired) electrons. The van der Waals surface area contributed by atoms with Crippen LogP contribution in [0.2, 0.25) is 0 Å². The van der Waals surface area contributed by atoms with Crippen molar-refractivity contribution in [1.29, 1.82) is 5.26 Å². The Morgan fingerprint density at radius 1 is 1.27 bits per heavy atom. The topological polar surface area (TPSA) is 27.0 Å². The van der Waals surface area contributed by atoms with Crippen LogP contribution < -0.4 is 0 Å². The van der Waals surface area contributed by atoms with E-state index in [2.05, 4.69) is 24.8 Å². The van der Waals surface area contributed by atoms with Gasteiger partial charge in [0.1, 0.15) is 0 Å². The van der Waals surface area contributed by atoms with Crippen molar-refractivity contribution in [3.05, 3.63) is 0 Å². The lowest BCUT2D eigenvalue weighted by atomic mass is 9.89. The zero-order chi connectivity index (χ0) is 11.5. The first-order valence-corrected chi connectivity index (χ1v) is 6.13. The van der Waals surface area contributed by atoms with Gasteiger partial charge in [-0.2, -0.15) is 5.26 Å². The average Bonchev–Trinajstić information content (AvgIpc) is 2.17. The third-order valence-corrected chi connectivity index (χ3v) is 3.67. The van der Waals surface area contributed by atoms with Gasteiger partial charge < -0.3 is 0 Å². The number of hydrogen-bond acceptors (Lipinski definition) is 2. The maximum atomic E-state index is 8.99. The van der Waals surface area contributed by atoms with Gasteiger partial charge >= 0.3 is 0 Å². The van der Waals surface area contributed by atoms with Gasteiger partial charge in [0.2, 0.25) is 0 Å². The molecule has 1 saturated heterocycles. The summed E-state index contributed by atoms with van der Waals surface area (Å²) in [5.74, 6) is 0. The highest BCUT2D eigenvalue weighted by atomic mass is 15.2. The van der Waals surface area contributed by atoms with Crippen LogP contribution in [0.4, 0.5) is 0 Å². The van der Waals surface area contributed by atoms with E-state index in [1.54, 1.807) is 0 Å². The number of rotatable bonds is 3. The molecule has 1 rings (SSSR count). The Morgan fingerprint density at radius 2 is 1.80 bits per heavy atom. The van der Waals surface area contributed by atoms with Crippen molar-refractivity contribution in [3.8, 4) is 6.07 Å². The van der Waals surface area contributed by atoms with Crippen LogP contribution in [0.5, 0.6) is 0 Å². The van der Waals surface area contributed by atoms with E-state index in [0.29, 0.717) is 12.1 Å². The zero-order valence-electron chi connectivity index (χ0n) is 10.6. The lowest BCUT2D eigenvalue weighted by Crippen LogP contribution is -2.44. The van der Waals surface area contributed by atoms with Crippen molar-refractivity contribution in [2.45, 2.75) is 65.5 Å². The second kappa shape index (κ2) is 4.99. The maximum Gasteiger partial charge on any atom is 0.0684 e. The molecule has 1 heterocycles. The fraction of sp³-hybridized carbons (Fsp3) is 0.923. The predicted octanol–water partition coefficient (Wildman–Crippen LogP) is 3.19. The molecule has 0 aromatic rings. The van der Waals surface area contributed by atoms with Crippen molar-refractivity contribution in [2.75, 3.05) is 6.54 Å². The summed E-state index contributed by atoms with van der Waals surface area (Å²) in [4.78, 5) is 2.57. The molecule has 2 heteroatoms. The van der Waals surface area contributed by atoms with Gasteiger partial charge in [-0.1, -0.05) is 6.42 Å². The lowest BCUT2D eigenvalue weighted by molar-refractivity contribution is 0.0932. The van der Waals surface area contributed by atoms with Gasteiger partial charge in [-0.15, -0.1) is 0 Å². The highest BCUT2D eigenvalue weighted by Crippen LogP contribution is 2.26. The van der Waals surface area contributed by atoms with Crippen LogP contribution in [-0.2, 0) is 0 Å². The molecule has 0 aromatic carbocycles. The number of nitrogens with zero attached hydrogens (tertiary/aromatic N) is 2. The van der Waals surface area contributed by atoms with Gasteiger partial charge in [0.05, 0.1) is 11.5 Å². The van der Waals surface area contributed by atoms with Crippen molar-refractivity contribution >= 4 is 0 Å². The molecule has 2 unspecified atom stereocenters. The molecular weight excluding hydrogens is 184 g/mol. The molecule has 1 aliphatic rings. The average molecular weight is 208 g/mol. The molecule has 15 heavy (non-hydrogen) atoms. The standard InChI is InChI=1S/C13H24N2/c1-11-6-5-7-12(2)15(11)9-8-13(3,4)10-14/h11-12H,5-9H2,1-4H3. The molecule has 1 fully saturated rings. The molecule has 2 nitrogen and oxygen atoms in total. The highest BCUT2D eigenvalue weighted by molar-refractivity contribution is 4.93. The molecule has 0 aliphatic carbocycles. The van der Waals surface area contributed by atoms with Crippen molar-refractivity contribution in [3.63, 3.8) is 0 Å². The fourth-order valence-corrected chi connectivity index (χ4v) is 2.38. The summed E-state index contributed by atoms with van der Waals surface area (Å²) in [7, 11) is 0. The SMILES string of the molecule is CC1CCCC(C)N1CCC(C)(C)C#N. The largest absolute Gasteiger partial charge is 0.298 e. The summed E-state index contributed by atoms with van der Waals surface area (Å²) in [5, 5.41) is 8.99. The minimum atomic E-state index is -0.170. The first-order valence-electron chi connectivity index (χ1n) is 6.13. The van der Waals surface area contributed by atoms with Gasteiger partial charge in [0.25, 0.3) is 0 Å². The Hall–Kier alpha value is -0.550. The second-order valence-electron chi connectivity index (χ2n) is 5.61. The monoisotopic (exact) mass is 208 g/mol. The van der Waals surface area contributed by atoms with Gasteiger partial charge in [-0.05, 0) is 47.0 Å². The van der Waals surface area contributed by atoms with Crippen molar-refractivity contribution in [1.82, 2.24) is 4.90 Å². The first kappa shape index (κ1) is 12.5. The van der Waals surface area contributed by atoms with E-state index in [4.69, 9.17) is 5.26 Å². The molecule has 86 valence electrons. The zero-order valence-corrected chi connectivity index (χ0v) is 10.6. The van der Waals surface area contributed by atoms with Gasteiger partial charge in [0.15, 0.2) is 0 Å². The Balaban J connectivity index is 2.46. The van der Waals surface area contributed by atoms with E-state index in [0.717, 1.165) is 13.0 Å². The van der Waals surface area contributed by atoms with E-state index < -0.39 is 0 Å². The Kier molecular flexibility index (Phi) is 4.16. The Bertz CT molecular complexity index is 229. The molecular formula is C13H24N2. The summed E-state index contributed by atoms with van der Waals surface area (Å²) in [6.07, 6.45) is 4.98. The number of nitriles is 1. The van der Waals surface area contributed by atoms with Crippen LogP contribution in [0.15, 0.2) is 0 Å². The molecule has 0 N–H and O–H groups in total. The van der Waals surface area contributed by atoms with Gasteiger partial charge in [0, 0.05) is 18.6 Å². The summed E-state index contributed by atoms with van der Waals surface area (Å²) in [6.45, 7) is 9.77. The Labute approximate surface area is 94.3 Å². The highest BCUT2D eigenvalue weighted by Gasteiger charge is 2.26. The van der Waals surface area contributed by atoms with Crippen LogP contribution in [0.1, 0.15) is 53.4 Å². The summed E-state index contributed by atoms with van der Waals surface area (Å²) in [5.41, 5.74) is -0.170. The predicted molar refractivity (Wildman–Crippen MR) is 63.5 cm³/mol. The molecule has 0 bridgehead atoms. The summed E-state index contributed by atoms with van der Waals surface area (Å²) in [6, 6.07) is 3.78. The van der Waals surface area contributed by atoms with Crippen LogP contribution in [-0.4, -0.2) is 23.5 Å². The number of hydrogen-bond donors (Lipinski definition) is 0. The number of piperidine rings is 1. The van der Waals surface area contributed by atoms with E-state index in [9.17, 15) is 0 Å². The quantitative estimate of drug-likeness (QED) is 0.712. The normalized spacial score (nSPS) is 28.7. The van der Waals surface area contributed by atoms with Gasteiger partial charge in [-0.25, -0.2) is 0 Å². The molecule has 0 saturated carbocycles. The Morgan fingerprint density at radius 3 is 2.27 bits per heavy atom. The second-order valence-corrected chi connectivity index (χ2v) is 5.61. The summed E-state index contributed by atoms with van der Waals surface area (Å²) < 4.78 is 0. The van der Waals surface area contributed by atoms with Crippen LogP contribution in [0.25, 0.3) is 0 Å². The third kappa shape index (κ3) is 3.50. The van der Waals surface area contributed by atoms with Crippen LogP contribution in [0.3, 0.4) is 0 Å². The smallest absolute Gasteiger partial charge is 0.0684 e. The van der Waals surface area contributed by atoms with E-state index in [1.807, 2.05) is 13.8 Å². The maximum absolute atomic E-state index is 8.99. The molecule has 0 amide bonds. The minimum absolute atomic E-state index is 0.170. The van der Waals surface area contributed by atoms with E-state index >= 15 is 0 Å². The van der Waals surface area contributed by atoms with Crippen LogP contribution >= 0.6 is 0 Å². The first-order chi connectivity index (χ1) is 6.96. The molecule has 1 aliphatic heterocycles. The number of likely N-dealkylation sites (tertiary alicyclic amines) is 1.